The van der Waals surface area contributed by atoms with Crippen LogP contribution in [-0.2, 0) is 4.79 Å². The van der Waals surface area contributed by atoms with Crippen molar-refractivity contribution in [2.45, 2.75) is 13.8 Å². The number of rotatable bonds is 5. The lowest BCUT2D eigenvalue weighted by atomic mass is 10.1. The summed E-state index contributed by atoms with van der Waals surface area (Å²) in [6.07, 6.45) is 1.58. The number of piperazine rings is 1. The molecule has 3 rings (SSSR count). The number of aryl methyl sites for hydroxylation is 1. The summed E-state index contributed by atoms with van der Waals surface area (Å²) in [6.45, 7) is 7.20. The lowest BCUT2D eigenvalue weighted by Gasteiger charge is -2.36. The molecule has 0 saturated carbocycles. The highest BCUT2D eigenvalue weighted by atomic mass is 35.5. The first-order valence-corrected chi connectivity index (χ1v) is 9.62. The van der Waals surface area contributed by atoms with Gasteiger partial charge in [0.05, 0.1) is 4.92 Å². The fraction of sp³-hybridized carbons (Fsp3) is 0.273. The molecule has 1 fully saturated rings. The van der Waals surface area contributed by atoms with Crippen LogP contribution in [-0.4, -0.2) is 41.9 Å². The molecule has 2 aromatic carbocycles. The average molecular weight is 442 g/mol. The monoisotopic (exact) mass is 441 g/mol. The summed E-state index contributed by atoms with van der Waals surface area (Å²) >= 11 is 0. The summed E-state index contributed by atoms with van der Waals surface area (Å²) in [6, 6.07) is 13.7. The lowest BCUT2D eigenvalue weighted by Crippen LogP contribution is -2.44. The van der Waals surface area contributed by atoms with Gasteiger partial charge in [0.25, 0.3) is 11.6 Å². The van der Waals surface area contributed by atoms with Crippen LogP contribution in [0.15, 0.2) is 54.2 Å². The quantitative estimate of drug-likeness (QED) is 0.327. The van der Waals surface area contributed by atoms with Crippen LogP contribution in [0.2, 0.25) is 0 Å². The Kier molecular flexibility index (Phi) is 8.00. The second kappa shape index (κ2) is 10.5. The van der Waals surface area contributed by atoms with E-state index in [4.69, 9.17) is 0 Å². The molecule has 0 spiro atoms. The van der Waals surface area contributed by atoms with Gasteiger partial charge < -0.3 is 15.1 Å². The predicted molar refractivity (Wildman–Crippen MR) is 122 cm³/mol. The average Bonchev–Trinajstić information content (AvgIpc) is 2.75. The molecule has 0 radical (unpaired) electrons. The van der Waals surface area contributed by atoms with Crippen LogP contribution in [0.5, 0.6) is 0 Å². The molecule has 31 heavy (non-hydrogen) atoms. The van der Waals surface area contributed by atoms with Crippen molar-refractivity contribution in [1.29, 1.82) is 5.26 Å². The lowest BCUT2D eigenvalue weighted by molar-refractivity contribution is -0.384. The largest absolute Gasteiger partial charge is 0.373 e. The van der Waals surface area contributed by atoms with Crippen molar-refractivity contribution < 1.29 is 9.72 Å². The molecule has 1 amide bonds. The van der Waals surface area contributed by atoms with Gasteiger partial charge in [0.15, 0.2) is 0 Å². The summed E-state index contributed by atoms with van der Waals surface area (Å²) in [7, 11) is 0. The topological polar surface area (TPSA) is 103 Å². The second-order valence-electron chi connectivity index (χ2n) is 7.15. The third-order valence-corrected chi connectivity index (χ3v) is 5.24. The van der Waals surface area contributed by atoms with Gasteiger partial charge in [-0.15, -0.1) is 12.4 Å². The zero-order valence-electron chi connectivity index (χ0n) is 17.4. The molecule has 1 aliphatic heterocycles. The van der Waals surface area contributed by atoms with E-state index in [1.54, 1.807) is 6.20 Å². The van der Waals surface area contributed by atoms with Crippen molar-refractivity contribution in [2.24, 2.45) is 0 Å². The third-order valence-electron chi connectivity index (χ3n) is 5.24. The summed E-state index contributed by atoms with van der Waals surface area (Å²) in [5, 5.41) is 22.7. The van der Waals surface area contributed by atoms with Crippen molar-refractivity contribution in [3.05, 3.63) is 75.5 Å². The van der Waals surface area contributed by atoms with Crippen molar-refractivity contribution in [3.8, 4) is 6.07 Å². The zero-order valence-corrected chi connectivity index (χ0v) is 18.2. The highest BCUT2D eigenvalue weighted by Gasteiger charge is 2.19. The van der Waals surface area contributed by atoms with Crippen LogP contribution in [0.3, 0.4) is 0 Å². The van der Waals surface area contributed by atoms with Crippen molar-refractivity contribution in [2.75, 3.05) is 36.4 Å². The molecule has 0 bridgehead atoms. The number of carbonyl (C=O) groups is 1. The number of non-ortho nitro benzene ring substituents is 1. The van der Waals surface area contributed by atoms with E-state index in [0.29, 0.717) is 18.8 Å². The Bertz CT molecular complexity index is 1020. The van der Waals surface area contributed by atoms with E-state index in [1.807, 2.05) is 11.0 Å². The number of carbonyl (C=O) groups excluding carboxylic acids is 1. The Labute approximate surface area is 187 Å². The molecule has 9 heteroatoms. The fourth-order valence-corrected chi connectivity index (χ4v) is 3.36. The summed E-state index contributed by atoms with van der Waals surface area (Å²) < 4.78 is 0. The van der Waals surface area contributed by atoms with Crippen molar-refractivity contribution in [3.63, 3.8) is 0 Å². The van der Waals surface area contributed by atoms with E-state index in [-0.39, 0.29) is 23.7 Å². The van der Waals surface area contributed by atoms with Gasteiger partial charge in [-0.1, -0.05) is 12.1 Å². The number of amides is 1. The second-order valence-corrected chi connectivity index (χ2v) is 7.15. The highest BCUT2D eigenvalue weighted by molar-refractivity contribution is 6.06. The fourth-order valence-electron chi connectivity index (χ4n) is 3.36. The van der Waals surface area contributed by atoms with Gasteiger partial charge in [-0.25, -0.2) is 0 Å². The van der Waals surface area contributed by atoms with E-state index >= 15 is 0 Å². The van der Waals surface area contributed by atoms with Crippen molar-refractivity contribution >= 4 is 35.4 Å². The zero-order chi connectivity index (χ0) is 21.7. The van der Waals surface area contributed by atoms with Gasteiger partial charge in [0.1, 0.15) is 11.6 Å². The SMILES string of the molecule is Cc1cccc(N2CCN(/C=C(/C#N)C(=O)Nc3ccc([N+](=O)[O-])cc3)CC2)c1C.Cl. The van der Waals surface area contributed by atoms with Gasteiger partial charge in [-0.3, -0.25) is 14.9 Å². The summed E-state index contributed by atoms with van der Waals surface area (Å²) in [4.78, 5) is 26.9. The van der Waals surface area contributed by atoms with Crippen LogP contribution in [0, 0.1) is 35.3 Å². The normalized spacial score (nSPS) is 13.8. The first kappa shape index (κ1) is 23.7. The number of halogens is 1. The number of hydrogen-bond acceptors (Lipinski definition) is 6. The van der Waals surface area contributed by atoms with Crippen LogP contribution < -0.4 is 10.2 Å². The van der Waals surface area contributed by atoms with E-state index < -0.39 is 10.8 Å². The Morgan fingerprint density at radius 2 is 1.77 bits per heavy atom. The molecule has 162 valence electrons. The van der Waals surface area contributed by atoms with Crippen LogP contribution in [0.4, 0.5) is 17.1 Å². The Balaban J connectivity index is 0.00000341. The first-order chi connectivity index (χ1) is 14.4. The van der Waals surface area contributed by atoms with E-state index in [9.17, 15) is 20.2 Å². The molecule has 1 heterocycles. The van der Waals surface area contributed by atoms with Crippen LogP contribution in [0.1, 0.15) is 11.1 Å². The number of benzene rings is 2. The number of nitriles is 1. The molecular formula is C22H24ClN5O3. The molecular weight excluding hydrogens is 418 g/mol. The highest BCUT2D eigenvalue weighted by Crippen LogP contribution is 2.24. The molecule has 0 aliphatic carbocycles. The van der Waals surface area contributed by atoms with E-state index in [2.05, 4.69) is 42.3 Å². The third kappa shape index (κ3) is 5.74. The molecule has 0 aromatic heterocycles. The standard InChI is InChI=1S/C22H23N5O3.ClH/c1-16-4-3-5-21(17(16)2)26-12-10-25(11-13-26)15-18(14-23)22(28)24-19-6-8-20(9-7-19)27(29)30;/h3-9,15H,10-13H2,1-2H3,(H,24,28);1H/b18-15-;. The van der Waals surface area contributed by atoms with Crippen LogP contribution in [0.25, 0.3) is 0 Å². The molecule has 8 nitrogen and oxygen atoms in total. The summed E-state index contributed by atoms with van der Waals surface area (Å²) in [5.74, 6) is -0.539. The smallest absolute Gasteiger partial charge is 0.269 e. The van der Waals surface area contributed by atoms with E-state index in [1.165, 1.54) is 41.1 Å². The predicted octanol–water partition coefficient (Wildman–Crippen LogP) is 3.80. The van der Waals surface area contributed by atoms with Crippen LogP contribution >= 0.6 is 12.4 Å². The van der Waals surface area contributed by atoms with E-state index in [0.717, 1.165) is 13.1 Å². The number of nitrogens with zero attached hydrogens (tertiary/aromatic N) is 4. The maximum absolute atomic E-state index is 12.4. The molecule has 0 unspecified atom stereocenters. The maximum Gasteiger partial charge on any atom is 0.269 e. The Hall–Kier alpha value is -3.57. The maximum atomic E-state index is 12.4. The molecule has 0 atom stereocenters. The molecule has 2 aromatic rings. The minimum absolute atomic E-state index is 0. The molecule has 1 N–H and O–H groups in total. The number of nitro groups is 1. The number of hydrogen-bond donors (Lipinski definition) is 1. The van der Waals surface area contributed by atoms with Crippen molar-refractivity contribution in [1.82, 2.24) is 4.90 Å². The van der Waals surface area contributed by atoms with Gasteiger partial charge in [0.2, 0.25) is 0 Å². The Morgan fingerprint density at radius 1 is 1.13 bits per heavy atom. The number of nitro benzene ring substituents is 1. The Morgan fingerprint density at radius 3 is 2.35 bits per heavy atom. The minimum atomic E-state index is -0.539. The molecule has 1 aliphatic rings. The molecule has 1 saturated heterocycles. The van der Waals surface area contributed by atoms with Gasteiger partial charge >= 0.3 is 0 Å². The number of nitrogens with one attached hydrogen (secondary N) is 1. The summed E-state index contributed by atoms with van der Waals surface area (Å²) in [5.41, 5.74) is 4.06. The number of anilines is 2. The van der Waals surface area contributed by atoms with Gasteiger partial charge in [-0.05, 0) is 43.2 Å². The first-order valence-electron chi connectivity index (χ1n) is 9.62. The van der Waals surface area contributed by atoms with Gasteiger partial charge in [-0.2, -0.15) is 5.26 Å². The minimum Gasteiger partial charge on any atom is -0.373 e. The van der Waals surface area contributed by atoms with Gasteiger partial charge in [0, 0.05) is 55.9 Å².